The lowest BCUT2D eigenvalue weighted by atomic mass is 10.2. The first kappa shape index (κ1) is 10.8. The van der Waals surface area contributed by atoms with Crippen molar-refractivity contribution < 1.29 is 4.74 Å². The van der Waals surface area contributed by atoms with Crippen molar-refractivity contribution in [1.29, 1.82) is 0 Å². The standard InChI is InChI=1S/C10H14INO/c1-8(11)12-7-9-3-5-10(13-2)6-4-9/h3-6,8,12H,7H2,1-2H3/t8-/m0/s1. The van der Waals surface area contributed by atoms with Gasteiger partial charge in [-0.05, 0) is 24.6 Å². The maximum absolute atomic E-state index is 5.07. The minimum atomic E-state index is 0.500. The molecule has 0 aliphatic rings. The van der Waals surface area contributed by atoms with Gasteiger partial charge in [0.1, 0.15) is 5.75 Å². The molecule has 3 heteroatoms. The van der Waals surface area contributed by atoms with E-state index in [1.165, 1.54) is 5.56 Å². The van der Waals surface area contributed by atoms with Crippen molar-refractivity contribution in [3.8, 4) is 5.75 Å². The van der Waals surface area contributed by atoms with Crippen LogP contribution < -0.4 is 10.1 Å². The molecule has 1 aromatic rings. The van der Waals surface area contributed by atoms with Crippen molar-refractivity contribution in [2.24, 2.45) is 0 Å². The molecule has 0 unspecified atom stereocenters. The van der Waals surface area contributed by atoms with Gasteiger partial charge in [-0.15, -0.1) is 0 Å². The molecule has 1 atom stereocenters. The average Bonchev–Trinajstić information content (AvgIpc) is 2.15. The van der Waals surface area contributed by atoms with Gasteiger partial charge in [0, 0.05) is 6.54 Å². The van der Waals surface area contributed by atoms with E-state index in [0.29, 0.717) is 4.05 Å². The van der Waals surface area contributed by atoms with E-state index in [2.05, 4.69) is 47.0 Å². The van der Waals surface area contributed by atoms with Gasteiger partial charge in [-0.3, -0.25) is 0 Å². The van der Waals surface area contributed by atoms with Crippen LogP contribution in [0.4, 0.5) is 0 Å². The van der Waals surface area contributed by atoms with Gasteiger partial charge in [0.15, 0.2) is 0 Å². The van der Waals surface area contributed by atoms with Crippen molar-refractivity contribution in [3.05, 3.63) is 29.8 Å². The second-order valence-electron chi connectivity index (χ2n) is 2.84. The zero-order valence-electron chi connectivity index (χ0n) is 7.88. The van der Waals surface area contributed by atoms with E-state index < -0.39 is 0 Å². The molecule has 1 aromatic carbocycles. The lowest BCUT2D eigenvalue weighted by molar-refractivity contribution is 0.414. The molecule has 0 fully saturated rings. The number of alkyl halides is 1. The number of methoxy groups -OCH3 is 1. The molecule has 0 aliphatic carbocycles. The van der Waals surface area contributed by atoms with Gasteiger partial charge in [0.2, 0.25) is 0 Å². The summed E-state index contributed by atoms with van der Waals surface area (Å²) in [5.41, 5.74) is 1.28. The quantitative estimate of drug-likeness (QED) is 0.523. The largest absolute Gasteiger partial charge is 0.497 e. The third-order valence-electron chi connectivity index (χ3n) is 1.75. The Morgan fingerprint density at radius 2 is 2.00 bits per heavy atom. The molecule has 2 nitrogen and oxygen atoms in total. The van der Waals surface area contributed by atoms with Crippen LogP contribution in [-0.2, 0) is 6.54 Å². The van der Waals surface area contributed by atoms with E-state index in [1.807, 2.05) is 12.1 Å². The molecule has 0 amide bonds. The number of rotatable bonds is 4. The van der Waals surface area contributed by atoms with Gasteiger partial charge in [0.25, 0.3) is 0 Å². The first-order chi connectivity index (χ1) is 6.22. The monoisotopic (exact) mass is 291 g/mol. The highest BCUT2D eigenvalue weighted by Gasteiger charge is 1.96. The molecule has 0 aromatic heterocycles. The molecule has 1 rings (SSSR count). The molecule has 0 spiro atoms. The number of ether oxygens (including phenoxy) is 1. The van der Waals surface area contributed by atoms with E-state index in [4.69, 9.17) is 4.74 Å². The molecule has 0 aliphatic heterocycles. The summed E-state index contributed by atoms with van der Waals surface area (Å²) in [6.07, 6.45) is 0. The Balaban J connectivity index is 2.49. The minimum absolute atomic E-state index is 0.500. The summed E-state index contributed by atoms with van der Waals surface area (Å²) < 4.78 is 5.57. The summed E-state index contributed by atoms with van der Waals surface area (Å²) in [7, 11) is 1.68. The van der Waals surface area contributed by atoms with Gasteiger partial charge >= 0.3 is 0 Å². The minimum Gasteiger partial charge on any atom is -0.497 e. The molecule has 72 valence electrons. The molecule has 0 radical (unpaired) electrons. The Morgan fingerprint density at radius 1 is 1.38 bits per heavy atom. The number of nitrogens with one attached hydrogen (secondary N) is 1. The lowest BCUT2D eigenvalue weighted by Gasteiger charge is -2.07. The van der Waals surface area contributed by atoms with Crippen molar-refractivity contribution in [1.82, 2.24) is 5.32 Å². The van der Waals surface area contributed by atoms with Crippen LogP contribution in [0.3, 0.4) is 0 Å². The summed E-state index contributed by atoms with van der Waals surface area (Å²) in [5.74, 6) is 0.909. The highest BCUT2D eigenvalue weighted by atomic mass is 127. The molecular weight excluding hydrogens is 277 g/mol. The van der Waals surface area contributed by atoms with Crippen LogP contribution in [0.1, 0.15) is 12.5 Å². The fraction of sp³-hybridized carbons (Fsp3) is 0.400. The zero-order valence-corrected chi connectivity index (χ0v) is 10.0. The predicted octanol–water partition coefficient (Wildman–Crippen LogP) is 2.57. The number of benzene rings is 1. The number of halogens is 1. The topological polar surface area (TPSA) is 21.3 Å². The third-order valence-corrected chi connectivity index (χ3v) is 2.19. The van der Waals surface area contributed by atoms with E-state index in [-0.39, 0.29) is 0 Å². The average molecular weight is 291 g/mol. The normalized spacial score (nSPS) is 12.5. The van der Waals surface area contributed by atoms with Crippen LogP contribution in [0.15, 0.2) is 24.3 Å². The Labute approximate surface area is 92.8 Å². The third kappa shape index (κ3) is 3.95. The molecule has 13 heavy (non-hydrogen) atoms. The molecule has 0 saturated heterocycles. The summed E-state index contributed by atoms with van der Waals surface area (Å²) in [5, 5.41) is 3.35. The molecule has 0 bridgehead atoms. The van der Waals surface area contributed by atoms with Gasteiger partial charge < -0.3 is 10.1 Å². The zero-order chi connectivity index (χ0) is 9.68. The Bertz CT molecular complexity index is 246. The first-order valence-electron chi connectivity index (χ1n) is 4.23. The fourth-order valence-corrected chi connectivity index (χ4v) is 1.22. The van der Waals surface area contributed by atoms with E-state index >= 15 is 0 Å². The molecule has 1 N–H and O–H groups in total. The SMILES string of the molecule is COc1ccc(CN[C@@H](C)I)cc1. The van der Waals surface area contributed by atoms with Crippen molar-refractivity contribution in [3.63, 3.8) is 0 Å². The number of hydrogen-bond donors (Lipinski definition) is 1. The highest BCUT2D eigenvalue weighted by molar-refractivity contribution is 14.1. The molecule has 0 saturated carbocycles. The Hall–Kier alpha value is -0.290. The van der Waals surface area contributed by atoms with Crippen LogP contribution in [0.25, 0.3) is 0 Å². The Kier molecular flexibility index (Phi) is 4.52. The second kappa shape index (κ2) is 5.44. The van der Waals surface area contributed by atoms with Gasteiger partial charge in [-0.1, -0.05) is 34.7 Å². The van der Waals surface area contributed by atoms with E-state index in [9.17, 15) is 0 Å². The lowest BCUT2D eigenvalue weighted by Crippen LogP contribution is -2.18. The van der Waals surface area contributed by atoms with Crippen molar-refractivity contribution >= 4 is 22.6 Å². The van der Waals surface area contributed by atoms with Crippen LogP contribution in [0, 0.1) is 0 Å². The summed E-state index contributed by atoms with van der Waals surface area (Å²) >= 11 is 2.35. The summed E-state index contributed by atoms with van der Waals surface area (Å²) in [6.45, 7) is 3.04. The first-order valence-corrected chi connectivity index (χ1v) is 5.47. The van der Waals surface area contributed by atoms with Crippen LogP contribution in [0.2, 0.25) is 0 Å². The fourth-order valence-electron chi connectivity index (χ4n) is 1.00. The van der Waals surface area contributed by atoms with E-state index in [1.54, 1.807) is 7.11 Å². The smallest absolute Gasteiger partial charge is 0.118 e. The maximum Gasteiger partial charge on any atom is 0.118 e. The van der Waals surface area contributed by atoms with Crippen LogP contribution >= 0.6 is 22.6 Å². The van der Waals surface area contributed by atoms with E-state index in [0.717, 1.165) is 12.3 Å². The van der Waals surface area contributed by atoms with Gasteiger partial charge in [-0.2, -0.15) is 0 Å². The van der Waals surface area contributed by atoms with Crippen molar-refractivity contribution in [2.45, 2.75) is 17.5 Å². The second-order valence-corrected chi connectivity index (χ2v) is 4.71. The molecular formula is C10H14INO. The molecule has 0 heterocycles. The van der Waals surface area contributed by atoms with Gasteiger partial charge in [0.05, 0.1) is 11.2 Å². The van der Waals surface area contributed by atoms with Crippen LogP contribution in [-0.4, -0.2) is 11.2 Å². The summed E-state index contributed by atoms with van der Waals surface area (Å²) in [4.78, 5) is 0. The van der Waals surface area contributed by atoms with Crippen LogP contribution in [0.5, 0.6) is 5.75 Å². The van der Waals surface area contributed by atoms with Gasteiger partial charge in [-0.25, -0.2) is 0 Å². The number of hydrogen-bond acceptors (Lipinski definition) is 2. The van der Waals surface area contributed by atoms with Crippen molar-refractivity contribution in [2.75, 3.05) is 7.11 Å². The summed E-state index contributed by atoms with van der Waals surface area (Å²) in [6, 6.07) is 8.11. The maximum atomic E-state index is 5.07. The highest BCUT2D eigenvalue weighted by Crippen LogP contribution is 2.11. The Morgan fingerprint density at radius 3 is 2.46 bits per heavy atom. The predicted molar refractivity (Wildman–Crippen MR) is 63.3 cm³/mol.